The highest BCUT2D eigenvalue weighted by Crippen LogP contribution is 2.11. The van der Waals surface area contributed by atoms with Gasteiger partial charge < -0.3 is 20.2 Å². The van der Waals surface area contributed by atoms with Gasteiger partial charge in [-0.25, -0.2) is 0 Å². The van der Waals surface area contributed by atoms with Gasteiger partial charge in [0.1, 0.15) is 18.1 Å². The topological polar surface area (TPSA) is 94.8 Å². The summed E-state index contributed by atoms with van der Waals surface area (Å²) in [6, 6.07) is 0.955. The Bertz CT molecular complexity index is 514. The molecule has 3 N–H and O–H groups in total. The molecule has 1 aromatic rings. The van der Waals surface area contributed by atoms with E-state index in [4.69, 9.17) is 9.52 Å². The fraction of sp³-hybridized carbons (Fsp3) is 0.500. The molecular formula is C12H17N3O4. The maximum atomic E-state index is 11.8. The first-order valence-electron chi connectivity index (χ1n) is 6.09. The molecule has 2 rings (SSSR count). The first-order valence-corrected chi connectivity index (χ1v) is 6.09. The van der Waals surface area contributed by atoms with Crippen molar-refractivity contribution in [3.8, 4) is 5.75 Å². The standard InChI is InChI=1S/C12H17N3O4/c1-13-12(18)9-5-14-2-3-15(9)6-8-4-10(16)11(17)7-19-8/h4,7,9,14,17H,2-3,5-6H2,1H3,(H,13,18). The molecule has 1 aromatic heterocycles. The van der Waals surface area contributed by atoms with E-state index in [1.54, 1.807) is 7.05 Å². The lowest BCUT2D eigenvalue weighted by Gasteiger charge is -2.34. The fourth-order valence-electron chi connectivity index (χ4n) is 2.09. The Balaban J connectivity index is 2.12. The summed E-state index contributed by atoms with van der Waals surface area (Å²) in [6.07, 6.45) is 1.02. The molecule has 1 aliphatic rings. The van der Waals surface area contributed by atoms with E-state index in [1.165, 1.54) is 6.07 Å². The second-order valence-corrected chi connectivity index (χ2v) is 4.40. The molecule has 19 heavy (non-hydrogen) atoms. The van der Waals surface area contributed by atoms with Crippen LogP contribution in [0.3, 0.4) is 0 Å². The van der Waals surface area contributed by atoms with E-state index in [1.807, 2.05) is 4.90 Å². The van der Waals surface area contributed by atoms with Crippen molar-refractivity contribution in [2.45, 2.75) is 12.6 Å². The number of nitrogens with one attached hydrogen (secondary N) is 2. The first kappa shape index (κ1) is 13.6. The Morgan fingerprint density at radius 2 is 2.47 bits per heavy atom. The van der Waals surface area contributed by atoms with Crippen molar-refractivity contribution in [2.75, 3.05) is 26.7 Å². The van der Waals surface area contributed by atoms with E-state index < -0.39 is 11.2 Å². The summed E-state index contributed by atoms with van der Waals surface area (Å²) in [6.45, 7) is 2.37. The normalized spacial score (nSPS) is 20.2. The van der Waals surface area contributed by atoms with Gasteiger partial charge in [-0.15, -0.1) is 0 Å². The third-order valence-corrected chi connectivity index (χ3v) is 3.13. The predicted octanol–water partition coefficient (Wildman–Crippen LogP) is -1.13. The summed E-state index contributed by atoms with van der Waals surface area (Å²) in [5.41, 5.74) is -0.479. The van der Waals surface area contributed by atoms with Crippen molar-refractivity contribution in [3.63, 3.8) is 0 Å². The highest BCUT2D eigenvalue weighted by atomic mass is 16.4. The second kappa shape index (κ2) is 5.85. The van der Waals surface area contributed by atoms with Crippen molar-refractivity contribution in [3.05, 3.63) is 28.3 Å². The van der Waals surface area contributed by atoms with Gasteiger partial charge in [-0.2, -0.15) is 0 Å². The van der Waals surface area contributed by atoms with Gasteiger partial charge >= 0.3 is 0 Å². The average molecular weight is 267 g/mol. The van der Waals surface area contributed by atoms with Gasteiger partial charge in [-0.05, 0) is 0 Å². The first-order chi connectivity index (χ1) is 9.11. The summed E-state index contributed by atoms with van der Waals surface area (Å²) < 4.78 is 5.16. The van der Waals surface area contributed by atoms with Crippen LogP contribution in [-0.4, -0.2) is 48.6 Å². The van der Waals surface area contributed by atoms with Gasteiger partial charge in [0, 0.05) is 32.7 Å². The van der Waals surface area contributed by atoms with Crippen LogP contribution in [0.15, 0.2) is 21.5 Å². The number of piperazine rings is 1. The molecule has 1 atom stereocenters. The monoisotopic (exact) mass is 267 g/mol. The van der Waals surface area contributed by atoms with Crippen LogP contribution in [0.4, 0.5) is 0 Å². The minimum Gasteiger partial charge on any atom is -0.502 e. The summed E-state index contributed by atoms with van der Waals surface area (Å²) >= 11 is 0. The number of aromatic hydroxyl groups is 1. The Labute approximate surface area is 110 Å². The average Bonchev–Trinajstić information content (AvgIpc) is 2.43. The lowest BCUT2D eigenvalue weighted by molar-refractivity contribution is -0.126. The number of hydrogen-bond donors (Lipinski definition) is 3. The van der Waals surface area contributed by atoms with E-state index in [0.717, 1.165) is 12.8 Å². The van der Waals surface area contributed by atoms with Gasteiger partial charge in [-0.3, -0.25) is 14.5 Å². The van der Waals surface area contributed by atoms with E-state index in [0.29, 0.717) is 25.4 Å². The second-order valence-electron chi connectivity index (χ2n) is 4.40. The van der Waals surface area contributed by atoms with E-state index in [2.05, 4.69) is 10.6 Å². The molecule has 0 bridgehead atoms. The van der Waals surface area contributed by atoms with Crippen LogP contribution in [-0.2, 0) is 11.3 Å². The molecule has 0 radical (unpaired) electrons. The molecule has 1 unspecified atom stereocenters. The zero-order chi connectivity index (χ0) is 13.8. The highest BCUT2D eigenvalue weighted by molar-refractivity contribution is 5.81. The molecule has 1 fully saturated rings. The molecule has 7 nitrogen and oxygen atoms in total. The molecule has 2 heterocycles. The predicted molar refractivity (Wildman–Crippen MR) is 67.8 cm³/mol. The molecule has 104 valence electrons. The van der Waals surface area contributed by atoms with Crippen LogP contribution in [0.1, 0.15) is 5.76 Å². The van der Waals surface area contributed by atoms with E-state index >= 15 is 0 Å². The molecular weight excluding hydrogens is 250 g/mol. The maximum absolute atomic E-state index is 11.8. The minimum absolute atomic E-state index is 0.0756. The zero-order valence-electron chi connectivity index (χ0n) is 10.7. The van der Waals surface area contributed by atoms with Crippen molar-refractivity contribution in [1.29, 1.82) is 0 Å². The molecule has 0 aliphatic carbocycles. The van der Waals surface area contributed by atoms with Crippen LogP contribution in [0, 0.1) is 0 Å². The molecule has 0 spiro atoms. The lowest BCUT2D eigenvalue weighted by Crippen LogP contribution is -2.56. The fourth-order valence-corrected chi connectivity index (χ4v) is 2.09. The number of likely N-dealkylation sites (N-methyl/N-ethyl adjacent to an activating group) is 1. The summed E-state index contributed by atoms with van der Waals surface area (Å²) in [5, 5.41) is 14.9. The van der Waals surface area contributed by atoms with Crippen LogP contribution in [0.25, 0.3) is 0 Å². The van der Waals surface area contributed by atoms with Crippen LogP contribution >= 0.6 is 0 Å². The number of amides is 1. The van der Waals surface area contributed by atoms with Crippen molar-refractivity contribution < 1.29 is 14.3 Å². The number of carbonyl (C=O) groups is 1. The Morgan fingerprint density at radius 1 is 1.68 bits per heavy atom. The van der Waals surface area contributed by atoms with Crippen LogP contribution in [0.2, 0.25) is 0 Å². The van der Waals surface area contributed by atoms with Gasteiger partial charge in [0.2, 0.25) is 11.3 Å². The Kier molecular flexibility index (Phi) is 4.18. The molecule has 7 heteroatoms. The number of rotatable bonds is 3. The smallest absolute Gasteiger partial charge is 0.238 e. The largest absolute Gasteiger partial charge is 0.502 e. The molecule has 0 saturated carbocycles. The maximum Gasteiger partial charge on any atom is 0.238 e. The highest BCUT2D eigenvalue weighted by Gasteiger charge is 2.28. The van der Waals surface area contributed by atoms with Crippen molar-refractivity contribution in [2.24, 2.45) is 0 Å². The Hall–Kier alpha value is -1.86. The summed E-state index contributed by atoms with van der Waals surface area (Å²) in [7, 11) is 1.59. The third kappa shape index (κ3) is 3.12. The lowest BCUT2D eigenvalue weighted by atomic mass is 10.1. The molecule has 1 aliphatic heterocycles. The summed E-state index contributed by atoms with van der Waals surface area (Å²) in [5.74, 6) is -0.0566. The van der Waals surface area contributed by atoms with Gasteiger partial charge in [0.05, 0.1) is 6.54 Å². The van der Waals surface area contributed by atoms with E-state index in [9.17, 15) is 9.59 Å². The van der Waals surface area contributed by atoms with Crippen LogP contribution < -0.4 is 16.1 Å². The Morgan fingerprint density at radius 3 is 3.16 bits per heavy atom. The van der Waals surface area contributed by atoms with Gasteiger partial charge in [0.15, 0.2) is 5.75 Å². The molecule has 1 saturated heterocycles. The van der Waals surface area contributed by atoms with Crippen molar-refractivity contribution in [1.82, 2.24) is 15.5 Å². The number of carbonyl (C=O) groups excluding carboxylic acids is 1. The minimum atomic E-state index is -0.479. The van der Waals surface area contributed by atoms with Gasteiger partial charge in [0.25, 0.3) is 0 Å². The number of hydrogen-bond acceptors (Lipinski definition) is 6. The number of nitrogens with zero attached hydrogens (tertiary/aromatic N) is 1. The zero-order valence-corrected chi connectivity index (χ0v) is 10.7. The van der Waals surface area contributed by atoms with Crippen LogP contribution in [0.5, 0.6) is 5.75 Å². The molecule has 0 aromatic carbocycles. The SMILES string of the molecule is CNC(=O)C1CNCCN1Cc1cc(=O)c(O)co1. The van der Waals surface area contributed by atoms with Crippen molar-refractivity contribution >= 4 is 5.91 Å². The third-order valence-electron chi connectivity index (χ3n) is 3.13. The quantitative estimate of drug-likeness (QED) is 0.641. The van der Waals surface area contributed by atoms with Gasteiger partial charge in [-0.1, -0.05) is 0 Å². The van der Waals surface area contributed by atoms with E-state index in [-0.39, 0.29) is 11.9 Å². The summed E-state index contributed by atoms with van der Waals surface area (Å²) in [4.78, 5) is 25.0. The molecule has 1 amide bonds.